The molecule has 0 spiro atoms. The van der Waals surface area contributed by atoms with Crippen molar-refractivity contribution in [2.24, 2.45) is 5.73 Å². The van der Waals surface area contributed by atoms with Crippen molar-refractivity contribution in [3.05, 3.63) is 35.5 Å². The molecule has 0 unspecified atom stereocenters. The molecule has 1 heterocycles. The Bertz CT molecular complexity index is 606. The molecule has 0 aliphatic rings. The molecule has 2 rings (SSSR count). The summed E-state index contributed by atoms with van der Waals surface area (Å²) in [5.41, 5.74) is 5.55. The number of hydrogen-bond acceptors (Lipinski definition) is 3. The number of nitrogens with one attached hydrogen (secondary N) is 1. The molecule has 19 heavy (non-hydrogen) atoms. The van der Waals surface area contributed by atoms with Gasteiger partial charge in [-0.2, -0.15) is 28.6 Å². The zero-order valence-electron chi connectivity index (χ0n) is 9.53. The number of carbonyl (C=O) groups excluding carboxylic acids is 1. The number of rotatable bonds is 3. The second-order valence-corrected chi connectivity index (χ2v) is 3.88. The first-order chi connectivity index (χ1) is 8.87. The Morgan fingerprint density at radius 3 is 2.68 bits per heavy atom. The smallest absolute Gasteiger partial charge is 0.364 e. The summed E-state index contributed by atoms with van der Waals surface area (Å²) in [5, 5.41) is 9.51. The van der Waals surface area contributed by atoms with Gasteiger partial charge >= 0.3 is 6.18 Å². The van der Waals surface area contributed by atoms with Gasteiger partial charge in [0.1, 0.15) is 5.69 Å². The third-order valence-corrected chi connectivity index (χ3v) is 2.39. The molecule has 0 saturated carbocycles. The normalized spacial score (nSPS) is 11.5. The van der Waals surface area contributed by atoms with Crippen molar-refractivity contribution < 1.29 is 18.0 Å². The van der Waals surface area contributed by atoms with E-state index in [1.165, 1.54) is 24.3 Å². The molecule has 100 valence electrons. The Morgan fingerprint density at radius 1 is 1.32 bits per heavy atom. The number of alkyl halides is 3. The minimum absolute atomic E-state index is 0.0726. The highest BCUT2D eigenvalue weighted by Crippen LogP contribution is 2.25. The number of nitrogens with zero attached hydrogens (tertiary/aromatic N) is 2. The lowest BCUT2D eigenvalue weighted by Gasteiger charge is -2.07. The van der Waals surface area contributed by atoms with Gasteiger partial charge in [-0.3, -0.25) is 4.79 Å². The number of benzene rings is 1. The van der Waals surface area contributed by atoms with Gasteiger partial charge in [0.25, 0.3) is 5.91 Å². The minimum Gasteiger partial charge on any atom is -0.364 e. The van der Waals surface area contributed by atoms with Crippen LogP contribution in [0.4, 0.5) is 13.2 Å². The van der Waals surface area contributed by atoms with E-state index in [2.05, 4.69) is 15.4 Å². The molecular weight excluding hydrogens is 261 g/mol. The average molecular weight is 270 g/mol. The highest BCUT2D eigenvalue weighted by molar-refractivity contribution is 5.96. The molecule has 0 aliphatic heterocycles. The van der Waals surface area contributed by atoms with Crippen LogP contribution in [-0.4, -0.2) is 27.5 Å². The van der Waals surface area contributed by atoms with E-state index in [1.54, 1.807) is 0 Å². The number of aromatic nitrogens is 3. The highest BCUT2D eigenvalue weighted by Gasteiger charge is 2.27. The van der Waals surface area contributed by atoms with Crippen LogP contribution in [0.15, 0.2) is 24.3 Å². The van der Waals surface area contributed by atoms with Crippen LogP contribution in [0, 0.1) is 0 Å². The molecule has 0 aliphatic carbocycles. The van der Waals surface area contributed by atoms with Crippen molar-refractivity contribution in [2.45, 2.75) is 12.6 Å². The van der Waals surface area contributed by atoms with Crippen LogP contribution in [0.2, 0.25) is 0 Å². The van der Waals surface area contributed by atoms with Crippen molar-refractivity contribution in [2.75, 3.05) is 0 Å². The fourth-order valence-corrected chi connectivity index (χ4v) is 1.66. The van der Waals surface area contributed by atoms with Gasteiger partial charge in [-0.15, -0.1) is 0 Å². The summed E-state index contributed by atoms with van der Waals surface area (Å²) in [6.07, 6.45) is -5.35. The van der Waals surface area contributed by atoms with Gasteiger partial charge < -0.3 is 5.73 Å². The van der Waals surface area contributed by atoms with Gasteiger partial charge in [-0.05, 0) is 11.6 Å². The molecule has 3 N–H and O–H groups in total. The quantitative estimate of drug-likeness (QED) is 0.889. The Balaban J connectivity index is 2.38. The fraction of sp³-hybridized carbons (Fsp3) is 0.182. The first kappa shape index (κ1) is 13.1. The molecule has 5 nitrogen and oxygen atoms in total. The zero-order valence-corrected chi connectivity index (χ0v) is 9.53. The second kappa shape index (κ2) is 4.71. The number of amides is 1. The first-order valence-electron chi connectivity index (χ1n) is 5.23. The van der Waals surface area contributed by atoms with E-state index in [9.17, 15) is 18.0 Å². The summed E-state index contributed by atoms with van der Waals surface area (Å²) in [6, 6.07) is 5.64. The van der Waals surface area contributed by atoms with Crippen molar-refractivity contribution >= 4 is 5.91 Å². The summed E-state index contributed by atoms with van der Waals surface area (Å²) in [6.45, 7) is 0. The van der Waals surface area contributed by atoms with Gasteiger partial charge in [0.05, 0.1) is 6.42 Å². The monoisotopic (exact) mass is 270 g/mol. The van der Waals surface area contributed by atoms with Gasteiger partial charge in [0, 0.05) is 5.56 Å². The van der Waals surface area contributed by atoms with Crippen LogP contribution >= 0.6 is 0 Å². The Hall–Kier alpha value is -2.38. The summed E-state index contributed by atoms with van der Waals surface area (Å²) < 4.78 is 36.9. The van der Waals surface area contributed by atoms with Crippen molar-refractivity contribution in [1.29, 1.82) is 0 Å². The molecule has 1 aromatic heterocycles. The topological polar surface area (TPSA) is 84.7 Å². The maximum atomic E-state index is 12.3. The Kier molecular flexibility index (Phi) is 3.24. The number of hydrogen-bond donors (Lipinski definition) is 2. The molecule has 0 fully saturated rings. The average Bonchev–Trinajstić information content (AvgIpc) is 2.75. The number of carbonyl (C=O) groups is 1. The van der Waals surface area contributed by atoms with Crippen molar-refractivity contribution in [1.82, 2.24) is 15.4 Å². The van der Waals surface area contributed by atoms with Crippen LogP contribution in [0.25, 0.3) is 11.3 Å². The molecule has 2 aromatic rings. The third kappa shape index (κ3) is 3.09. The summed E-state index contributed by atoms with van der Waals surface area (Å²) in [7, 11) is 0. The molecule has 0 saturated heterocycles. The molecule has 1 aromatic carbocycles. The third-order valence-electron chi connectivity index (χ3n) is 2.39. The summed E-state index contributed by atoms with van der Waals surface area (Å²) in [5.74, 6) is -0.801. The van der Waals surface area contributed by atoms with E-state index >= 15 is 0 Å². The van der Waals surface area contributed by atoms with E-state index in [1.807, 2.05) is 0 Å². The summed E-state index contributed by atoms with van der Waals surface area (Å²) >= 11 is 0. The summed E-state index contributed by atoms with van der Waals surface area (Å²) in [4.78, 5) is 11.1. The van der Waals surface area contributed by atoms with E-state index in [0.717, 1.165) is 0 Å². The SMILES string of the molecule is NC(=O)c1n[nH]nc1-c1cccc(CC(F)(F)F)c1. The lowest BCUT2D eigenvalue weighted by molar-refractivity contribution is -0.127. The number of aromatic amines is 1. The minimum atomic E-state index is -4.30. The molecule has 0 atom stereocenters. The Labute approximate surface area is 105 Å². The fourth-order valence-electron chi connectivity index (χ4n) is 1.66. The van der Waals surface area contributed by atoms with Gasteiger partial charge in [-0.25, -0.2) is 0 Å². The zero-order chi connectivity index (χ0) is 14.0. The van der Waals surface area contributed by atoms with E-state index in [0.29, 0.717) is 5.56 Å². The van der Waals surface area contributed by atoms with Crippen molar-refractivity contribution in [3.63, 3.8) is 0 Å². The Morgan fingerprint density at radius 2 is 2.05 bits per heavy atom. The largest absolute Gasteiger partial charge is 0.393 e. The van der Waals surface area contributed by atoms with Crippen LogP contribution in [0.5, 0.6) is 0 Å². The van der Waals surface area contributed by atoms with Crippen molar-refractivity contribution in [3.8, 4) is 11.3 Å². The van der Waals surface area contributed by atoms with Gasteiger partial charge in [0.15, 0.2) is 5.69 Å². The predicted octanol–water partition coefficient (Wildman–Crippen LogP) is 1.68. The van der Waals surface area contributed by atoms with Crippen LogP contribution in [-0.2, 0) is 6.42 Å². The number of nitrogens with two attached hydrogens (primary N) is 1. The molecule has 1 amide bonds. The van der Waals surface area contributed by atoms with E-state index in [4.69, 9.17) is 5.73 Å². The number of halogens is 3. The maximum absolute atomic E-state index is 12.3. The maximum Gasteiger partial charge on any atom is 0.393 e. The molecular formula is C11H9F3N4O. The van der Waals surface area contributed by atoms with Crippen LogP contribution in [0.3, 0.4) is 0 Å². The predicted molar refractivity (Wildman–Crippen MR) is 60.1 cm³/mol. The van der Waals surface area contributed by atoms with Gasteiger partial charge in [-0.1, -0.05) is 18.2 Å². The van der Waals surface area contributed by atoms with Gasteiger partial charge in [0.2, 0.25) is 0 Å². The van der Waals surface area contributed by atoms with Crippen LogP contribution < -0.4 is 5.73 Å². The molecule has 0 bridgehead atoms. The van der Waals surface area contributed by atoms with Crippen LogP contribution in [0.1, 0.15) is 16.1 Å². The first-order valence-corrected chi connectivity index (χ1v) is 5.23. The van der Waals surface area contributed by atoms with E-state index < -0.39 is 18.5 Å². The lowest BCUT2D eigenvalue weighted by atomic mass is 10.0. The second-order valence-electron chi connectivity index (χ2n) is 3.88. The molecule has 8 heteroatoms. The van der Waals surface area contributed by atoms with E-state index in [-0.39, 0.29) is 17.0 Å². The lowest BCUT2D eigenvalue weighted by Crippen LogP contribution is -2.13. The number of primary amides is 1. The number of H-pyrrole nitrogens is 1. The standard InChI is InChI=1S/C11H9F3N4O/c12-11(13,14)5-6-2-1-3-7(4-6)8-9(10(15)19)17-18-16-8/h1-4H,5H2,(H2,15,19)(H,16,17,18). The molecule has 0 radical (unpaired) electrons. The highest BCUT2D eigenvalue weighted by atomic mass is 19.4.